The zero-order valence-corrected chi connectivity index (χ0v) is 12.9. The Labute approximate surface area is 125 Å². The molecule has 2 rings (SSSR count). The summed E-state index contributed by atoms with van der Waals surface area (Å²) in [4.78, 5) is 16.2. The lowest BCUT2D eigenvalue weighted by atomic mass is 10.1. The van der Waals surface area contributed by atoms with Gasteiger partial charge in [-0.25, -0.2) is 4.98 Å². The second kappa shape index (κ2) is 7.03. The van der Waals surface area contributed by atoms with Gasteiger partial charge in [-0.2, -0.15) is 11.3 Å². The highest BCUT2D eigenvalue weighted by atomic mass is 35.5. The minimum absolute atomic E-state index is 0.0122. The van der Waals surface area contributed by atoms with Crippen LogP contribution in [0.2, 0.25) is 0 Å². The minimum atomic E-state index is 0.0122. The van der Waals surface area contributed by atoms with E-state index in [1.165, 1.54) is 16.9 Å². The lowest BCUT2D eigenvalue weighted by Crippen LogP contribution is -2.35. The van der Waals surface area contributed by atoms with Gasteiger partial charge in [0, 0.05) is 11.4 Å². The number of hydrogen-bond donors (Lipinski definition) is 1. The van der Waals surface area contributed by atoms with Gasteiger partial charge in [-0.1, -0.05) is 0 Å². The number of nitrogens with zero attached hydrogens (tertiary/aromatic N) is 1. The van der Waals surface area contributed by atoms with Gasteiger partial charge in [-0.15, -0.1) is 22.9 Å². The number of alkyl halides is 1. The Morgan fingerprint density at radius 3 is 3.00 bits per heavy atom. The molecule has 2 aromatic rings. The van der Waals surface area contributed by atoms with Crippen molar-refractivity contribution in [2.75, 3.05) is 0 Å². The molecule has 19 heavy (non-hydrogen) atoms. The van der Waals surface area contributed by atoms with Crippen LogP contribution in [0.3, 0.4) is 0 Å². The maximum absolute atomic E-state index is 11.9. The highest BCUT2D eigenvalue weighted by molar-refractivity contribution is 7.09. The summed E-state index contributed by atoms with van der Waals surface area (Å²) in [6.07, 6.45) is 1.19. The van der Waals surface area contributed by atoms with Crippen LogP contribution in [0.4, 0.5) is 0 Å². The topological polar surface area (TPSA) is 42.0 Å². The third-order valence-electron chi connectivity index (χ3n) is 2.58. The molecule has 0 saturated carbocycles. The first-order chi connectivity index (χ1) is 9.17. The third-order valence-corrected chi connectivity index (χ3v) is 4.48. The van der Waals surface area contributed by atoms with Crippen LogP contribution in [0.1, 0.15) is 23.2 Å². The van der Waals surface area contributed by atoms with Crippen LogP contribution >= 0.6 is 34.3 Å². The standard InChI is InChI=1S/C13H15ClN2OS2/c1-9(4-10-2-3-18-7-10)15-12(17)5-13-16-11(6-14)8-19-13/h2-3,7-9H,4-6H2,1H3,(H,15,17). The maximum atomic E-state index is 11.9. The highest BCUT2D eigenvalue weighted by Gasteiger charge is 2.11. The maximum Gasteiger partial charge on any atom is 0.227 e. The molecule has 2 heterocycles. The van der Waals surface area contributed by atoms with Gasteiger partial charge in [0.1, 0.15) is 5.01 Å². The monoisotopic (exact) mass is 314 g/mol. The van der Waals surface area contributed by atoms with Crippen LogP contribution in [0.15, 0.2) is 22.2 Å². The summed E-state index contributed by atoms with van der Waals surface area (Å²) in [7, 11) is 0. The van der Waals surface area contributed by atoms with Crippen LogP contribution in [0.5, 0.6) is 0 Å². The molecule has 0 aliphatic heterocycles. The lowest BCUT2D eigenvalue weighted by Gasteiger charge is -2.12. The summed E-state index contributed by atoms with van der Waals surface area (Å²) in [5.74, 6) is 0.408. The summed E-state index contributed by atoms with van der Waals surface area (Å²) >= 11 is 8.84. The molecular formula is C13H15ClN2OS2. The van der Waals surface area contributed by atoms with Crippen molar-refractivity contribution in [1.29, 1.82) is 0 Å². The number of aromatic nitrogens is 1. The second-order valence-electron chi connectivity index (χ2n) is 4.35. The Kier molecular flexibility index (Phi) is 5.36. The van der Waals surface area contributed by atoms with Crippen molar-refractivity contribution in [2.45, 2.75) is 31.7 Å². The van der Waals surface area contributed by atoms with Crippen molar-refractivity contribution in [2.24, 2.45) is 0 Å². The van der Waals surface area contributed by atoms with Crippen LogP contribution in [-0.2, 0) is 23.5 Å². The van der Waals surface area contributed by atoms with Crippen molar-refractivity contribution in [3.8, 4) is 0 Å². The highest BCUT2D eigenvalue weighted by Crippen LogP contribution is 2.12. The molecule has 1 unspecified atom stereocenters. The molecule has 0 aliphatic rings. The number of halogens is 1. The fourth-order valence-corrected chi connectivity index (χ4v) is 3.47. The summed E-state index contributed by atoms with van der Waals surface area (Å²) in [5.41, 5.74) is 2.09. The van der Waals surface area contributed by atoms with E-state index in [2.05, 4.69) is 21.7 Å². The summed E-state index contributed by atoms with van der Waals surface area (Å²) < 4.78 is 0. The first-order valence-electron chi connectivity index (χ1n) is 5.97. The van der Waals surface area contributed by atoms with Gasteiger partial charge in [0.25, 0.3) is 0 Å². The van der Waals surface area contributed by atoms with Gasteiger partial charge >= 0.3 is 0 Å². The van der Waals surface area contributed by atoms with Crippen molar-refractivity contribution in [3.05, 3.63) is 38.5 Å². The molecule has 0 aliphatic carbocycles. The van der Waals surface area contributed by atoms with E-state index in [9.17, 15) is 4.79 Å². The van der Waals surface area contributed by atoms with Gasteiger partial charge in [0.15, 0.2) is 0 Å². The number of carbonyl (C=O) groups is 1. The van der Waals surface area contributed by atoms with Crippen LogP contribution in [-0.4, -0.2) is 16.9 Å². The minimum Gasteiger partial charge on any atom is -0.353 e. The zero-order valence-electron chi connectivity index (χ0n) is 10.6. The first-order valence-corrected chi connectivity index (χ1v) is 8.32. The Hall–Kier alpha value is -0.910. The first kappa shape index (κ1) is 14.5. The quantitative estimate of drug-likeness (QED) is 0.832. The largest absolute Gasteiger partial charge is 0.353 e. The lowest BCUT2D eigenvalue weighted by molar-refractivity contribution is -0.121. The van der Waals surface area contributed by atoms with Crippen LogP contribution < -0.4 is 5.32 Å². The Balaban J connectivity index is 1.80. The summed E-state index contributed by atoms with van der Waals surface area (Å²) in [6, 6.07) is 2.22. The summed E-state index contributed by atoms with van der Waals surface area (Å²) in [6.45, 7) is 2.02. The van der Waals surface area contributed by atoms with Crippen molar-refractivity contribution >= 4 is 40.2 Å². The Bertz CT molecular complexity index is 524. The molecule has 0 saturated heterocycles. The van der Waals surface area contributed by atoms with Crippen LogP contribution in [0.25, 0.3) is 0 Å². The fourth-order valence-electron chi connectivity index (χ4n) is 1.77. The molecule has 6 heteroatoms. The van der Waals surface area contributed by atoms with Crippen molar-refractivity contribution in [3.63, 3.8) is 0 Å². The predicted molar refractivity (Wildman–Crippen MR) is 81.0 cm³/mol. The van der Waals surface area contributed by atoms with E-state index in [0.29, 0.717) is 12.3 Å². The van der Waals surface area contributed by atoms with E-state index in [4.69, 9.17) is 11.6 Å². The number of thiophene rings is 1. The Morgan fingerprint density at radius 1 is 1.53 bits per heavy atom. The van der Waals surface area contributed by atoms with Crippen LogP contribution in [0, 0.1) is 0 Å². The van der Waals surface area contributed by atoms with Crippen molar-refractivity contribution in [1.82, 2.24) is 10.3 Å². The molecule has 0 fully saturated rings. The summed E-state index contributed by atoms with van der Waals surface area (Å²) in [5, 5.41) is 9.86. The van der Waals surface area contributed by atoms with Gasteiger partial charge in [0.2, 0.25) is 5.91 Å². The number of amides is 1. The molecule has 102 valence electrons. The molecule has 1 N–H and O–H groups in total. The van der Waals surface area contributed by atoms with E-state index in [1.807, 2.05) is 17.7 Å². The smallest absolute Gasteiger partial charge is 0.227 e. The third kappa shape index (κ3) is 4.60. The molecule has 0 spiro atoms. The van der Waals surface area contributed by atoms with Gasteiger partial charge in [-0.3, -0.25) is 4.79 Å². The van der Waals surface area contributed by atoms with E-state index in [0.717, 1.165) is 17.1 Å². The molecule has 1 atom stereocenters. The fraction of sp³-hybridized carbons (Fsp3) is 0.385. The SMILES string of the molecule is CC(Cc1ccsc1)NC(=O)Cc1nc(CCl)cs1. The molecular weight excluding hydrogens is 300 g/mol. The second-order valence-corrected chi connectivity index (χ2v) is 6.34. The molecule has 0 bridgehead atoms. The van der Waals surface area contributed by atoms with E-state index in [-0.39, 0.29) is 11.9 Å². The number of carbonyl (C=O) groups excluding carboxylic acids is 1. The number of nitrogens with one attached hydrogen (secondary N) is 1. The average molecular weight is 315 g/mol. The van der Waals surface area contributed by atoms with E-state index in [1.54, 1.807) is 11.3 Å². The Morgan fingerprint density at radius 2 is 2.37 bits per heavy atom. The van der Waals surface area contributed by atoms with Gasteiger partial charge in [-0.05, 0) is 35.7 Å². The normalized spacial score (nSPS) is 12.3. The number of rotatable bonds is 6. The molecule has 3 nitrogen and oxygen atoms in total. The van der Waals surface area contributed by atoms with Gasteiger partial charge < -0.3 is 5.32 Å². The van der Waals surface area contributed by atoms with E-state index < -0.39 is 0 Å². The van der Waals surface area contributed by atoms with E-state index >= 15 is 0 Å². The number of hydrogen-bond acceptors (Lipinski definition) is 4. The average Bonchev–Trinajstić information content (AvgIpc) is 3.00. The van der Waals surface area contributed by atoms with Crippen molar-refractivity contribution < 1.29 is 4.79 Å². The zero-order chi connectivity index (χ0) is 13.7. The van der Waals surface area contributed by atoms with Gasteiger partial charge in [0.05, 0.1) is 18.0 Å². The molecule has 0 radical (unpaired) electrons. The molecule has 2 aromatic heterocycles. The number of thiazole rings is 1. The molecule has 0 aromatic carbocycles. The molecule has 1 amide bonds. The predicted octanol–water partition coefficient (Wildman–Crippen LogP) is 3.23.